The number of anilines is 2. The van der Waals surface area contributed by atoms with Crippen LogP contribution in [0.1, 0.15) is 32.6 Å². The smallest absolute Gasteiger partial charge is 0.242 e. The molecule has 1 aliphatic rings. The van der Waals surface area contributed by atoms with Crippen LogP contribution in [0.4, 0.5) is 11.5 Å². The highest BCUT2D eigenvalue weighted by Crippen LogP contribution is 2.33. The summed E-state index contributed by atoms with van der Waals surface area (Å²) < 4.78 is 5.38. The van der Waals surface area contributed by atoms with E-state index in [9.17, 15) is 4.79 Å². The van der Waals surface area contributed by atoms with E-state index in [1.807, 2.05) is 11.8 Å². The molecule has 2 rings (SSSR count). The number of ether oxygens (including phenoxy) is 1. The molecule has 7 nitrogen and oxygen atoms in total. The van der Waals surface area contributed by atoms with Crippen LogP contribution < -0.4 is 21.1 Å². The number of nitrogens with two attached hydrogens (primary N) is 2. The third-order valence-corrected chi connectivity index (χ3v) is 3.47. The molecule has 1 aromatic rings. The van der Waals surface area contributed by atoms with Crippen molar-refractivity contribution in [2.24, 2.45) is 5.73 Å². The van der Waals surface area contributed by atoms with Crippen molar-refractivity contribution < 1.29 is 9.53 Å². The van der Waals surface area contributed by atoms with E-state index in [0.29, 0.717) is 24.0 Å². The number of rotatable bonds is 6. The molecule has 0 bridgehead atoms. The summed E-state index contributed by atoms with van der Waals surface area (Å²) in [7, 11) is 0. The van der Waals surface area contributed by atoms with Crippen molar-refractivity contribution in [2.75, 3.05) is 23.8 Å². The van der Waals surface area contributed by atoms with Crippen molar-refractivity contribution in [2.45, 2.75) is 38.6 Å². The highest BCUT2D eigenvalue weighted by atomic mass is 16.5. The van der Waals surface area contributed by atoms with Crippen molar-refractivity contribution >= 4 is 17.4 Å². The quantitative estimate of drug-likeness (QED) is 0.793. The largest absolute Gasteiger partial charge is 0.476 e. The van der Waals surface area contributed by atoms with Gasteiger partial charge in [0.05, 0.1) is 13.2 Å². The molecule has 4 N–H and O–H groups in total. The number of carbonyl (C=O) groups excluding carboxylic acids is 1. The van der Waals surface area contributed by atoms with Crippen LogP contribution in [0.15, 0.2) is 6.33 Å². The van der Waals surface area contributed by atoms with Gasteiger partial charge in [-0.1, -0.05) is 12.8 Å². The van der Waals surface area contributed by atoms with Gasteiger partial charge in [0.1, 0.15) is 12.0 Å². The zero-order valence-corrected chi connectivity index (χ0v) is 11.7. The van der Waals surface area contributed by atoms with Crippen LogP contribution in [-0.2, 0) is 4.79 Å². The van der Waals surface area contributed by atoms with Crippen molar-refractivity contribution in [3.8, 4) is 5.88 Å². The van der Waals surface area contributed by atoms with Crippen LogP contribution in [0, 0.1) is 0 Å². The molecule has 0 spiro atoms. The summed E-state index contributed by atoms with van der Waals surface area (Å²) in [6.45, 7) is 2.44. The van der Waals surface area contributed by atoms with Gasteiger partial charge in [-0.15, -0.1) is 0 Å². The fourth-order valence-electron chi connectivity index (χ4n) is 2.61. The first kappa shape index (κ1) is 14.4. The van der Waals surface area contributed by atoms with Gasteiger partial charge in [0, 0.05) is 6.04 Å². The highest BCUT2D eigenvalue weighted by molar-refractivity contribution is 5.81. The van der Waals surface area contributed by atoms with Crippen molar-refractivity contribution in [3.05, 3.63) is 6.33 Å². The number of amides is 1. The van der Waals surface area contributed by atoms with Gasteiger partial charge in [-0.05, 0) is 19.8 Å². The van der Waals surface area contributed by atoms with E-state index < -0.39 is 5.91 Å². The van der Waals surface area contributed by atoms with Gasteiger partial charge in [-0.2, -0.15) is 4.98 Å². The van der Waals surface area contributed by atoms with E-state index in [1.165, 1.54) is 6.33 Å². The van der Waals surface area contributed by atoms with Gasteiger partial charge in [0.25, 0.3) is 0 Å². The molecule has 1 heterocycles. The molecule has 0 unspecified atom stereocenters. The normalized spacial score (nSPS) is 15.2. The lowest BCUT2D eigenvalue weighted by atomic mass is 10.2. The van der Waals surface area contributed by atoms with Gasteiger partial charge in [-0.25, -0.2) is 4.98 Å². The van der Waals surface area contributed by atoms with E-state index in [2.05, 4.69) is 9.97 Å². The number of nitrogens with zero attached hydrogens (tertiary/aromatic N) is 3. The Morgan fingerprint density at radius 3 is 2.75 bits per heavy atom. The standard InChI is InChI=1S/C13H21N5O2/c1-2-20-13-11(15)12(16-8-17-13)18(7-10(14)19)9-5-3-4-6-9/h8-9H,2-7,15H2,1H3,(H2,14,19). The molecule has 0 saturated heterocycles. The minimum Gasteiger partial charge on any atom is -0.476 e. The first-order valence-corrected chi connectivity index (χ1v) is 6.91. The fraction of sp³-hybridized carbons (Fsp3) is 0.615. The molecule has 1 amide bonds. The Bertz CT molecular complexity index is 474. The van der Waals surface area contributed by atoms with Crippen LogP contribution >= 0.6 is 0 Å². The van der Waals surface area contributed by atoms with E-state index in [-0.39, 0.29) is 12.6 Å². The fourth-order valence-corrected chi connectivity index (χ4v) is 2.61. The Morgan fingerprint density at radius 2 is 2.15 bits per heavy atom. The maximum Gasteiger partial charge on any atom is 0.242 e. The Balaban J connectivity index is 2.32. The molecule has 0 aliphatic heterocycles. The van der Waals surface area contributed by atoms with E-state index in [0.717, 1.165) is 25.7 Å². The Morgan fingerprint density at radius 1 is 1.45 bits per heavy atom. The van der Waals surface area contributed by atoms with Crippen LogP contribution in [0.5, 0.6) is 5.88 Å². The summed E-state index contributed by atoms with van der Waals surface area (Å²) >= 11 is 0. The number of carbonyl (C=O) groups is 1. The molecule has 1 saturated carbocycles. The first-order valence-electron chi connectivity index (χ1n) is 6.91. The molecule has 20 heavy (non-hydrogen) atoms. The molecule has 1 fully saturated rings. The predicted octanol–water partition coefficient (Wildman–Crippen LogP) is 0.692. The average Bonchev–Trinajstić information content (AvgIpc) is 2.93. The molecule has 1 aromatic heterocycles. The summed E-state index contributed by atoms with van der Waals surface area (Å²) in [6.07, 6.45) is 5.72. The van der Waals surface area contributed by atoms with E-state index in [1.54, 1.807) is 0 Å². The van der Waals surface area contributed by atoms with Crippen LogP contribution in [0.3, 0.4) is 0 Å². The number of hydrogen-bond donors (Lipinski definition) is 2. The number of primary amides is 1. The Kier molecular flexibility index (Phi) is 4.60. The zero-order valence-electron chi connectivity index (χ0n) is 11.7. The van der Waals surface area contributed by atoms with Crippen LogP contribution in [0.25, 0.3) is 0 Å². The van der Waals surface area contributed by atoms with Gasteiger partial charge >= 0.3 is 0 Å². The summed E-state index contributed by atoms with van der Waals surface area (Å²) in [6, 6.07) is 0.245. The molecule has 110 valence electrons. The van der Waals surface area contributed by atoms with Crippen molar-refractivity contribution in [1.29, 1.82) is 0 Å². The Hall–Kier alpha value is -2.05. The van der Waals surface area contributed by atoms with Gasteiger partial charge < -0.3 is 21.1 Å². The summed E-state index contributed by atoms with van der Waals surface area (Å²) in [5.41, 5.74) is 11.8. The molecule has 0 aromatic carbocycles. The molecule has 0 radical (unpaired) electrons. The summed E-state index contributed by atoms with van der Waals surface area (Å²) in [5.74, 6) is 0.493. The number of nitrogen functional groups attached to an aromatic ring is 1. The zero-order chi connectivity index (χ0) is 14.5. The predicted molar refractivity (Wildman–Crippen MR) is 76.4 cm³/mol. The lowest BCUT2D eigenvalue weighted by Gasteiger charge is -2.29. The maximum absolute atomic E-state index is 11.3. The molecule has 7 heteroatoms. The maximum atomic E-state index is 11.3. The first-order chi connectivity index (χ1) is 9.63. The van der Waals surface area contributed by atoms with Crippen LogP contribution in [0.2, 0.25) is 0 Å². The molecule has 1 aliphatic carbocycles. The van der Waals surface area contributed by atoms with Gasteiger partial charge in [0.15, 0.2) is 5.82 Å². The SMILES string of the molecule is CCOc1ncnc(N(CC(N)=O)C2CCCC2)c1N. The van der Waals surface area contributed by atoms with Gasteiger partial charge in [-0.3, -0.25) is 4.79 Å². The summed E-state index contributed by atoms with van der Waals surface area (Å²) in [5, 5.41) is 0. The second kappa shape index (κ2) is 6.40. The monoisotopic (exact) mass is 279 g/mol. The average molecular weight is 279 g/mol. The highest BCUT2D eigenvalue weighted by Gasteiger charge is 2.27. The molecular weight excluding hydrogens is 258 g/mol. The van der Waals surface area contributed by atoms with E-state index >= 15 is 0 Å². The minimum atomic E-state index is -0.395. The molecule has 0 atom stereocenters. The number of hydrogen-bond acceptors (Lipinski definition) is 6. The lowest BCUT2D eigenvalue weighted by Crippen LogP contribution is -2.41. The third kappa shape index (κ3) is 3.09. The summed E-state index contributed by atoms with van der Waals surface area (Å²) in [4.78, 5) is 21.4. The third-order valence-electron chi connectivity index (χ3n) is 3.47. The topological polar surface area (TPSA) is 107 Å². The van der Waals surface area contributed by atoms with Crippen molar-refractivity contribution in [1.82, 2.24) is 9.97 Å². The van der Waals surface area contributed by atoms with E-state index in [4.69, 9.17) is 16.2 Å². The van der Waals surface area contributed by atoms with Crippen molar-refractivity contribution in [3.63, 3.8) is 0 Å². The van der Waals surface area contributed by atoms with Gasteiger partial charge in [0.2, 0.25) is 11.8 Å². The second-order valence-corrected chi connectivity index (χ2v) is 4.88. The second-order valence-electron chi connectivity index (χ2n) is 4.88. The minimum absolute atomic E-state index is 0.109. The number of aromatic nitrogens is 2. The molecular formula is C13H21N5O2. The van der Waals surface area contributed by atoms with Crippen LogP contribution in [-0.4, -0.2) is 35.1 Å². The lowest BCUT2D eigenvalue weighted by molar-refractivity contribution is -0.116. The Labute approximate surface area is 118 Å².